The van der Waals surface area contributed by atoms with Gasteiger partial charge >= 0.3 is 0 Å². The summed E-state index contributed by atoms with van der Waals surface area (Å²) in [5.74, 6) is 2.46. The van der Waals surface area contributed by atoms with Gasteiger partial charge in [0.15, 0.2) is 5.82 Å². The van der Waals surface area contributed by atoms with E-state index in [1.807, 2.05) is 4.90 Å². The molecule has 1 aliphatic heterocycles. The second-order valence-electron chi connectivity index (χ2n) is 5.03. The Balaban J connectivity index is 1.54. The Labute approximate surface area is 131 Å². The second kappa shape index (κ2) is 6.19. The van der Waals surface area contributed by atoms with Crippen LogP contribution in [-0.4, -0.2) is 33.2 Å². The molecule has 0 N–H and O–H groups in total. The van der Waals surface area contributed by atoms with Crippen LogP contribution in [0.4, 0.5) is 0 Å². The average molecular weight is 323 g/mol. The van der Waals surface area contributed by atoms with E-state index < -0.39 is 0 Å². The number of carbonyl (C=O) groups excluding carboxylic acids is 1. The van der Waals surface area contributed by atoms with Crippen molar-refractivity contribution in [3.8, 4) is 0 Å². The van der Waals surface area contributed by atoms with Crippen molar-refractivity contribution < 1.29 is 9.32 Å². The molecule has 3 heterocycles. The topological polar surface area (TPSA) is 59.2 Å². The first kappa shape index (κ1) is 14.6. The Bertz CT molecular complexity index is 638. The molecule has 0 fully saturated rings. The molecular formula is C14H17N3O2S2. The van der Waals surface area contributed by atoms with Crippen LogP contribution in [0.5, 0.6) is 0 Å². The monoisotopic (exact) mass is 323 g/mol. The first-order valence-corrected chi connectivity index (χ1v) is 8.91. The lowest BCUT2D eigenvalue weighted by atomic mass is 10.0. The molecule has 2 aromatic rings. The molecule has 0 aliphatic carbocycles. The number of nitrogens with zero attached hydrogens (tertiary/aromatic N) is 3. The van der Waals surface area contributed by atoms with Gasteiger partial charge in [-0.3, -0.25) is 4.79 Å². The standard InChI is InChI=1S/C14H17N3O2S2/c1-9-11-4-6-21-12(11)3-5-17(9)14(18)8-20-7-13-15-10(2)19-16-13/h4,6,9H,3,5,7-8H2,1-2H3/t9-/m0/s1. The van der Waals surface area contributed by atoms with Gasteiger partial charge in [-0.1, -0.05) is 5.16 Å². The molecule has 0 saturated heterocycles. The second-order valence-corrected chi connectivity index (χ2v) is 7.02. The van der Waals surface area contributed by atoms with Crippen LogP contribution in [0, 0.1) is 6.92 Å². The number of rotatable bonds is 4. The molecule has 0 radical (unpaired) electrons. The van der Waals surface area contributed by atoms with E-state index in [0.717, 1.165) is 13.0 Å². The molecule has 1 atom stereocenters. The Kier molecular flexibility index (Phi) is 4.30. The highest BCUT2D eigenvalue weighted by Crippen LogP contribution is 2.33. The molecule has 0 aromatic carbocycles. The number of aromatic nitrogens is 2. The van der Waals surface area contributed by atoms with E-state index in [1.54, 1.807) is 18.3 Å². The zero-order chi connectivity index (χ0) is 14.8. The minimum absolute atomic E-state index is 0.181. The summed E-state index contributed by atoms with van der Waals surface area (Å²) in [4.78, 5) is 19.9. The van der Waals surface area contributed by atoms with Crippen molar-refractivity contribution in [2.45, 2.75) is 32.1 Å². The number of carbonyl (C=O) groups is 1. The summed E-state index contributed by atoms with van der Waals surface area (Å²) >= 11 is 3.32. The van der Waals surface area contributed by atoms with Gasteiger partial charge < -0.3 is 9.42 Å². The Hall–Kier alpha value is -1.34. The third-order valence-corrected chi connectivity index (χ3v) is 5.53. The summed E-state index contributed by atoms with van der Waals surface area (Å²) in [5.41, 5.74) is 1.30. The average Bonchev–Trinajstić information content (AvgIpc) is 3.08. The number of amides is 1. The molecule has 3 rings (SSSR count). The summed E-state index contributed by atoms with van der Waals surface area (Å²) in [6, 6.07) is 2.32. The van der Waals surface area contributed by atoms with Crippen LogP contribution in [-0.2, 0) is 17.0 Å². The van der Waals surface area contributed by atoms with Crippen LogP contribution in [0.3, 0.4) is 0 Å². The minimum Gasteiger partial charge on any atom is -0.340 e. The molecule has 0 unspecified atom stereocenters. The van der Waals surface area contributed by atoms with Crippen molar-refractivity contribution in [3.63, 3.8) is 0 Å². The first-order valence-electron chi connectivity index (χ1n) is 6.88. The highest BCUT2D eigenvalue weighted by atomic mass is 32.2. The molecule has 5 nitrogen and oxygen atoms in total. The smallest absolute Gasteiger partial charge is 0.233 e. The molecule has 0 spiro atoms. The number of hydrogen-bond acceptors (Lipinski definition) is 6. The summed E-state index contributed by atoms with van der Waals surface area (Å²) in [7, 11) is 0. The highest BCUT2D eigenvalue weighted by molar-refractivity contribution is 7.99. The van der Waals surface area contributed by atoms with Crippen molar-refractivity contribution in [1.82, 2.24) is 15.0 Å². The fourth-order valence-corrected chi connectivity index (χ4v) is 4.27. The first-order chi connectivity index (χ1) is 10.1. The van der Waals surface area contributed by atoms with Crippen LogP contribution in [0.2, 0.25) is 0 Å². The van der Waals surface area contributed by atoms with Gasteiger partial charge in [0.05, 0.1) is 17.5 Å². The van der Waals surface area contributed by atoms with Gasteiger partial charge in [0.2, 0.25) is 11.8 Å². The Morgan fingerprint density at radius 2 is 2.48 bits per heavy atom. The van der Waals surface area contributed by atoms with Gasteiger partial charge in [0.25, 0.3) is 0 Å². The minimum atomic E-state index is 0.181. The SMILES string of the molecule is Cc1nc(CSCC(=O)N2CCc3sccc3[C@@H]2C)no1. The lowest BCUT2D eigenvalue weighted by molar-refractivity contribution is -0.130. The predicted molar refractivity (Wildman–Crippen MR) is 83.3 cm³/mol. The van der Waals surface area contributed by atoms with Crippen molar-refractivity contribution in [2.75, 3.05) is 12.3 Å². The van der Waals surface area contributed by atoms with Crippen LogP contribution < -0.4 is 0 Å². The number of aryl methyl sites for hydroxylation is 1. The lowest BCUT2D eigenvalue weighted by Gasteiger charge is -2.33. The molecular weight excluding hydrogens is 306 g/mol. The molecule has 0 bridgehead atoms. The maximum absolute atomic E-state index is 12.4. The van der Waals surface area contributed by atoms with E-state index in [9.17, 15) is 4.79 Å². The largest absolute Gasteiger partial charge is 0.340 e. The third-order valence-electron chi connectivity index (χ3n) is 3.62. The third kappa shape index (κ3) is 3.13. The van der Waals surface area contributed by atoms with E-state index in [4.69, 9.17) is 4.52 Å². The van der Waals surface area contributed by atoms with Gasteiger partial charge in [-0.25, -0.2) is 0 Å². The number of thioether (sulfide) groups is 1. The van der Waals surface area contributed by atoms with Crippen molar-refractivity contribution in [2.24, 2.45) is 0 Å². The van der Waals surface area contributed by atoms with Gasteiger partial charge in [-0.2, -0.15) is 4.98 Å². The van der Waals surface area contributed by atoms with E-state index in [-0.39, 0.29) is 11.9 Å². The highest BCUT2D eigenvalue weighted by Gasteiger charge is 2.27. The molecule has 7 heteroatoms. The van der Waals surface area contributed by atoms with E-state index in [2.05, 4.69) is 28.5 Å². The quantitative estimate of drug-likeness (QED) is 0.866. The molecule has 21 heavy (non-hydrogen) atoms. The Morgan fingerprint density at radius 3 is 3.24 bits per heavy atom. The molecule has 1 aliphatic rings. The molecule has 112 valence electrons. The van der Waals surface area contributed by atoms with E-state index in [1.165, 1.54) is 22.2 Å². The predicted octanol–water partition coefficient (Wildman–Crippen LogP) is 2.82. The summed E-state index contributed by atoms with van der Waals surface area (Å²) in [5, 5.41) is 5.95. The van der Waals surface area contributed by atoms with Gasteiger partial charge in [-0.15, -0.1) is 23.1 Å². The fraction of sp³-hybridized carbons (Fsp3) is 0.500. The van der Waals surface area contributed by atoms with Crippen molar-refractivity contribution >= 4 is 29.0 Å². The maximum Gasteiger partial charge on any atom is 0.233 e. The van der Waals surface area contributed by atoms with Gasteiger partial charge in [0.1, 0.15) is 0 Å². The van der Waals surface area contributed by atoms with Crippen LogP contribution in [0.15, 0.2) is 16.0 Å². The van der Waals surface area contributed by atoms with Crippen LogP contribution in [0.25, 0.3) is 0 Å². The summed E-state index contributed by atoms with van der Waals surface area (Å²) in [6.45, 7) is 4.69. The van der Waals surface area contributed by atoms with Crippen molar-refractivity contribution in [1.29, 1.82) is 0 Å². The number of fused-ring (bicyclic) bond motifs is 1. The number of thiophene rings is 1. The lowest BCUT2D eigenvalue weighted by Crippen LogP contribution is -2.39. The van der Waals surface area contributed by atoms with Gasteiger partial charge in [-0.05, 0) is 30.4 Å². The van der Waals surface area contributed by atoms with Crippen LogP contribution >= 0.6 is 23.1 Å². The molecule has 2 aromatic heterocycles. The van der Waals surface area contributed by atoms with Crippen molar-refractivity contribution in [3.05, 3.63) is 33.6 Å². The summed E-state index contributed by atoms with van der Waals surface area (Å²) < 4.78 is 4.92. The van der Waals surface area contributed by atoms with Crippen LogP contribution in [0.1, 0.15) is 35.1 Å². The normalized spacial score (nSPS) is 17.8. The van der Waals surface area contributed by atoms with Gasteiger partial charge in [0, 0.05) is 18.3 Å². The summed E-state index contributed by atoms with van der Waals surface area (Å²) in [6.07, 6.45) is 0.970. The Morgan fingerprint density at radius 1 is 1.62 bits per heavy atom. The number of hydrogen-bond donors (Lipinski definition) is 0. The molecule has 1 amide bonds. The molecule has 0 saturated carbocycles. The van der Waals surface area contributed by atoms with E-state index in [0.29, 0.717) is 23.2 Å². The maximum atomic E-state index is 12.4. The zero-order valence-corrected chi connectivity index (χ0v) is 13.7. The fourth-order valence-electron chi connectivity index (χ4n) is 2.56. The zero-order valence-electron chi connectivity index (χ0n) is 12.0. The van der Waals surface area contributed by atoms with E-state index >= 15 is 0 Å².